The molecular weight excluding hydrogens is 326 g/mol. The van der Waals surface area contributed by atoms with Crippen molar-refractivity contribution >= 4 is 33.1 Å². The van der Waals surface area contributed by atoms with Gasteiger partial charge in [0.1, 0.15) is 11.2 Å². The molecule has 1 aliphatic carbocycles. The third-order valence-corrected chi connectivity index (χ3v) is 5.62. The van der Waals surface area contributed by atoms with Gasteiger partial charge in [0, 0.05) is 18.5 Å². The molecule has 0 aromatic carbocycles. The lowest BCUT2D eigenvalue weighted by atomic mass is 9.89. The molecule has 3 aromatic rings. The Morgan fingerprint density at radius 2 is 2.42 bits per heavy atom. The van der Waals surface area contributed by atoms with Gasteiger partial charge in [0.15, 0.2) is 5.65 Å². The van der Waals surface area contributed by atoms with Gasteiger partial charge in [-0.1, -0.05) is 6.92 Å². The molecule has 1 N–H and O–H groups in total. The van der Waals surface area contributed by atoms with E-state index in [1.54, 1.807) is 29.3 Å². The monoisotopic (exact) mass is 345 g/mol. The maximum atomic E-state index is 12.2. The van der Waals surface area contributed by atoms with Gasteiger partial charge in [-0.2, -0.15) is 0 Å². The molecule has 1 aliphatic rings. The fourth-order valence-electron chi connectivity index (χ4n) is 3.19. The number of fused-ring (bicyclic) bond motifs is 5. The molecule has 7 nitrogen and oxygen atoms in total. The molecule has 0 aliphatic heterocycles. The quantitative estimate of drug-likeness (QED) is 0.730. The number of methoxy groups -OCH3 is 1. The first-order chi connectivity index (χ1) is 11.7. The first-order valence-corrected chi connectivity index (χ1v) is 8.91. The van der Waals surface area contributed by atoms with Gasteiger partial charge in [0.2, 0.25) is 5.82 Å². The van der Waals surface area contributed by atoms with Crippen molar-refractivity contribution in [2.45, 2.75) is 26.2 Å². The highest BCUT2D eigenvalue weighted by molar-refractivity contribution is 7.19. The number of aromatic nitrogens is 4. The number of rotatable bonds is 4. The van der Waals surface area contributed by atoms with Gasteiger partial charge < -0.3 is 10.1 Å². The molecule has 0 unspecified atom stereocenters. The molecular formula is C16H19N5O2S. The molecule has 0 spiro atoms. The van der Waals surface area contributed by atoms with Crippen molar-refractivity contribution < 1.29 is 9.53 Å². The fourth-order valence-corrected chi connectivity index (χ4v) is 4.37. The number of aryl methyl sites for hydroxylation is 1. The van der Waals surface area contributed by atoms with Crippen molar-refractivity contribution in [1.82, 2.24) is 24.9 Å². The maximum Gasteiger partial charge on any atom is 0.291 e. The molecule has 24 heavy (non-hydrogen) atoms. The summed E-state index contributed by atoms with van der Waals surface area (Å²) in [6.45, 7) is 3.17. The predicted octanol–water partition coefficient (Wildman–Crippen LogP) is 1.84. The highest BCUT2D eigenvalue weighted by Crippen LogP contribution is 2.38. The van der Waals surface area contributed by atoms with Gasteiger partial charge in [0.25, 0.3) is 5.91 Å². The molecule has 0 radical (unpaired) electrons. The second kappa shape index (κ2) is 6.10. The van der Waals surface area contributed by atoms with Crippen LogP contribution in [-0.4, -0.2) is 45.8 Å². The molecule has 8 heteroatoms. The van der Waals surface area contributed by atoms with Crippen molar-refractivity contribution in [3.05, 3.63) is 22.6 Å². The Labute approximate surface area is 143 Å². The van der Waals surface area contributed by atoms with E-state index in [0.717, 1.165) is 28.7 Å². The highest BCUT2D eigenvalue weighted by Gasteiger charge is 2.24. The number of nitrogens with zero attached hydrogens (tertiary/aromatic N) is 4. The number of amides is 1. The summed E-state index contributed by atoms with van der Waals surface area (Å²) in [5.74, 6) is 0.542. The van der Waals surface area contributed by atoms with Gasteiger partial charge in [-0.3, -0.25) is 4.79 Å². The molecule has 3 aromatic heterocycles. The largest absolute Gasteiger partial charge is 0.383 e. The van der Waals surface area contributed by atoms with E-state index in [9.17, 15) is 4.79 Å². The van der Waals surface area contributed by atoms with Crippen molar-refractivity contribution in [2.75, 3.05) is 20.3 Å². The summed E-state index contributed by atoms with van der Waals surface area (Å²) in [6.07, 6.45) is 5.00. The van der Waals surface area contributed by atoms with E-state index in [2.05, 4.69) is 27.3 Å². The van der Waals surface area contributed by atoms with Crippen molar-refractivity contribution in [3.63, 3.8) is 0 Å². The predicted molar refractivity (Wildman–Crippen MR) is 91.6 cm³/mol. The number of hydrogen-bond acceptors (Lipinski definition) is 6. The van der Waals surface area contributed by atoms with Gasteiger partial charge in [-0.15, -0.1) is 16.4 Å². The molecule has 1 amide bonds. The van der Waals surface area contributed by atoms with Crippen LogP contribution in [0.3, 0.4) is 0 Å². The van der Waals surface area contributed by atoms with Gasteiger partial charge >= 0.3 is 0 Å². The second-order valence-electron chi connectivity index (χ2n) is 6.23. The van der Waals surface area contributed by atoms with E-state index in [4.69, 9.17) is 4.74 Å². The van der Waals surface area contributed by atoms with Crippen LogP contribution < -0.4 is 5.32 Å². The van der Waals surface area contributed by atoms with Crippen LogP contribution in [0, 0.1) is 5.92 Å². The van der Waals surface area contributed by atoms with Crippen molar-refractivity contribution in [2.24, 2.45) is 5.92 Å². The molecule has 0 saturated carbocycles. The summed E-state index contributed by atoms with van der Waals surface area (Å²) >= 11 is 1.74. The summed E-state index contributed by atoms with van der Waals surface area (Å²) in [5, 5.41) is 8.10. The summed E-state index contributed by atoms with van der Waals surface area (Å²) in [4.78, 5) is 23.6. The number of carbonyl (C=O) groups is 1. The minimum atomic E-state index is -0.290. The second-order valence-corrected chi connectivity index (χ2v) is 7.31. The van der Waals surface area contributed by atoms with Gasteiger partial charge in [0.05, 0.1) is 12.0 Å². The van der Waals surface area contributed by atoms with Crippen LogP contribution in [0.15, 0.2) is 6.33 Å². The number of nitrogens with one attached hydrogen (secondary N) is 1. The Morgan fingerprint density at radius 1 is 1.54 bits per heavy atom. The highest BCUT2D eigenvalue weighted by atomic mass is 32.1. The molecule has 0 saturated heterocycles. The lowest BCUT2D eigenvalue weighted by Crippen LogP contribution is -2.27. The molecule has 0 fully saturated rings. The number of ether oxygens (including phenoxy) is 1. The standard InChI is InChI=1S/C16H19N5O2S/c1-9-3-4-11-10(7-9)12-14-19-13(15(22)17-5-6-23-2)20-21(14)8-18-16(12)24-11/h8-9H,3-7H2,1-2H3,(H,17,22)/t9-/m1/s1. The third-order valence-electron chi connectivity index (χ3n) is 4.42. The zero-order valence-corrected chi connectivity index (χ0v) is 14.5. The Hall–Kier alpha value is -2.06. The lowest BCUT2D eigenvalue weighted by molar-refractivity contribution is 0.0927. The van der Waals surface area contributed by atoms with Crippen LogP contribution in [0.4, 0.5) is 0 Å². The minimum absolute atomic E-state index is 0.171. The normalized spacial score (nSPS) is 17.3. The van der Waals surface area contributed by atoms with E-state index in [0.29, 0.717) is 19.1 Å². The Kier molecular flexibility index (Phi) is 3.93. The topological polar surface area (TPSA) is 81.4 Å². The van der Waals surface area contributed by atoms with E-state index in [1.807, 2.05) is 0 Å². The average Bonchev–Trinajstić information content (AvgIpc) is 3.15. The summed E-state index contributed by atoms with van der Waals surface area (Å²) < 4.78 is 6.55. The Bertz CT molecular complexity index is 916. The Morgan fingerprint density at radius 3 is 3.25 bits per heavy atom. The van der Waals surface area contributed by atoms with Crippen LogP contribution >= 0.6 is 11.3 Å². The average molecular weight is 345 g/mol. The maximum absolute atomic E-state index is 12.2. The third kappa shape index (κ3) is 2.55. The van der Waals surface area contributed by atoms with Gasteiger partial charge in [-0.05, 0) is 30.7 Å². The van der Waals surface area contributed by atoms with E-state index < -0.39 is 0 Å². The van der Waals surface area contributed by atoms with E-state index >= 15 is 0 Å². The van der Waals surface area contributed by atoms with Crippen LogP contribution in [0.5, 0.6) is 0 Å². The summed E-state index contributed by atoms with van der Waals surface area (Å²) in [7, 11) is 1.60. The fraction of sp³-hybridized carbons (Fsp3) is 0.500. The zero-order chi connectivity index (χ0) is 16.7. The van der Waals surface area contributed by atoms with Crippen LogP contribution in [-0.2, 0) is 17.6 Å². The van der Waals surface area contributed by atoms with E-state index in [1.165, 1.54) is 16.9 Å². The molecule has 4 rings (SSSR count). The molecule has 126 valence electrons. The summed E-state index contributed by atoms with van der Waals surface area (Å²) in [5.41, 5.74) is 2.06. The minimum Gasteiger partial charge on any atom is -0.383 e. The van der Waals surface area contributed by atoms with Crippen molar-refractivity contribution in [3.8, 4) is 0 Å². The number of carbonyl (C=O) groups excluding carboxylic acids is 1. The molecule has 3 heterocycles. The van der Waals surface area contributed by atoms with Crippen LogP contribution in [0.1, 0.15) is 34.4 Å². The number of hydrogen-bond donors (Lipinski definition) is 1. The zero-order valence-electron chi connectivity index (χ0n) is 13.7. The van der Waals surface area contributed by atoms with Crippen LogP contribution in [0.2, 0.25) is 0 Å². The van der Waals surface area contributed by atoms with Gasteiger partial charge in [-0.25, -0.2) is 14.5 Å². The number of thiophene rings is 1. The smallest absolute Gasteiger partial charge is 0.291 e. The first kappa shape index (κ1) is 15.5. The SMILES string of the molecule is COCCNC(=O)c1nc2c3c4c(sc3ncn2n1)CC[C@@H](C)C4. The molecule has 1 atom stereocenters. The molecule has 0 bridgehead atoms. The van der Waals surface area contributed by atoms with Crippen molar-refractivity contribution in [1.29, 1.82) is 0 Å². The lowest BCUT2D eigenvalue weighted by Gasteiger charge is -2.17. The first-order valence-electron chi connectivity index (χ1n) is 8.10. The van der Waals surface area contributed by atoms with E-state index in [-0.39, 0.29) is 11.7 Å². The van der Waals surface area contributed by atoms with Crippen LogP contribution in [0.25, 0.3) is 15.9 Å². The summed E-state index contributed by atoms with van der Waals surface area (Å²) in [6, 6.07) is 0. The Balaban J connectivity index is 1.77.